The first-order chi connectivity index (χ1) is 14.5. The van der Waals surface area contributed by atoms with Crippen LogP contribution in [0.15, 0.2) is 66.7 Å². The summed E-state index contributed by atoms with van der Waals surface area (Å²) in [5.74, 6) is -0.0194. The molecule has 1 aliphatic heterocycles. The first-order valence-electron chi connectivity index (χ1n) is 10.0. The Kier molecular flexibility index (Phi) is 5.63. The van der Waals surface area contributed by atoms with Crippen LogP contribution in [0.1, 0.15) is 6.92 Å². The first kappa shape index (κ1) is 19.8. The van der Waals surface area contributed by atoms with Gasteiger partial charge in [-0.1, -0.05) is 30.3 Å². The zero-order valence-corrected chi connectivity index (χ0v) is 16.8. The van der Waals surface area contributed by atoms with Crippen LogP contribution in [-0.4, -0.2) is 48.0 Å². The molecule has 30 heavy (non-hydrogen) atoms. The lowest BCUT2D eigenvalue weighted by atomic mass is 10.1. The third-order valence-corrected chi connectivity index (χ3v) is 5.68. The van der Waals surface area contributed by atoms with Crippen molar-refractivity contribution in [1.29, 1.82) is 0 Å². The SMILES string of the molecule is C[C@@H](C(=O)Nc1ccc2ccccc2c1)N1CCN(c2ccc([N+](=O)[O-])cc2)CC1. The van der Waals surface area contributed by atoms with Crippen molar-refractivity contribution in [2.45, 2.75) is 13.0 Å². The van der Waals surface area contributed by atoms with Gasteiger partial charge in [0, 0.05) is 49.7 Å². The fourth-order valence-corrected chi connectivity index (χ4v) is 3.83. The largest absolute Gasteiger partial charge is 0.369 e. The van der Waals surface area contributed by atoms with Crippen molar-refractivity contribution < 1.29 is 9.72 Å². The number of carbonyl (C=O) groups excluding carboxylic acids is 1. The summed E-state index contributed by atoms with van der Waals surface area (Å²) in [5.41, 5.74) is 1.86. The number of hydrogen-bond acceptors (Lipinski definition) is 5. The highest BCUT2D eigenvalue weighted by Gasteiger charge is 2.26. The Morgan fingerprint density at radius 2 is 1.63 bits per heavy atom. The van der Waals surface area contributed by atoms with E-state index in [0.717, 1.165) is 48.3 Å². The van der Waals surface area contributed by atoms with Gasteiger partial charge in [-0.15, -0.1) is 0 Å². The molecule has 1 N–H and O–H groups in total. The standard InChI is InChI=1S/C23H24N4O3/c1-17(23(28)24-20-7-6-18-4-2-3-5-19(18)16-20)25-12-14-26(15-13-25)21-8-10-22(11-9-21)27(29)30/h2-11,16-17H,12-15H2,1H3,(H,24,28)/t17-/m0/s1. The van der Waals surface area contributed by atoms with Crippen LogP contribution in [0.3, 0.4) is 0 Å². The maximum Gasteiger partial charge on any atom is 0.269 e. The van der Waals surface area contributed by atoms with Gasteiger partial charge in [-0.25, -0.2) is 0 Å². The summed E-state index contributed by atoms with van der Waals surface area (Å²) in [7, 11) is 0. The van der Waals surface area contributed by atoms with Crippen molar-refractivity contribution in [2.24, 2.45) is 0 Å². The van der Waals surface area contributed by atoms with Gasteiger partial charge in [0.05, 0.1) is 11.0 Å². The molecule has 1 amide bonds. The van der Waals surface area contributed by atoms with E-state index in [1.54, 1.807) is 12.1 Å². The summed E-state index contributed by atoms with van der Waals surface area (Å²) in [5, 5.41) is 16.1. The van der Waals surface area contributed by atoms with E-state index in [1.807, 2.05) is 49.4 Å². The number of piperazine rings is 1. The molecule has 0 spiro atoms. The Balaban J connectivity index is 1.34. The molecule has 1 saturated heterocycles. The molecular formula is C23H24N4O3. The fourth-order valence-electron chi connectivity index (χ4n) is 3.83. The van der Waals surface area contributed by atoms with Crippen LogP contribution in [-0.2, 0) is 4.79 Å². The molecular weight excluding hydrogens is 380 g/mol. The predicted octanol–water partition coefficient (Wildman–Crippen LogP) is 3.90. The molecule has 1 atom stereocenters. The number of benzene rings is 3. The molecule has 0 unspecified atom stereocenters. The molecule has 1 fully saturated rings. The Hall–Kier alpha value is -3.45. The van der Waals surface area contributed by atoms with Crippen LogP contribution in [0, 0.1) is 10.1 Å². The third-order valence-electron chi connectivity index (χ3n) is 5.68. The van der Waals surface area contributed by atoms with Gasteiger partial charge >= 0.3 is 0 Å². The van der Waals surface area contributed by atoms with Gasteiger partial charge in [0.25, 0.3) is 5.69 Å². The monoisotopic (exact) mass is 404 g/mol. The molecule has 4 rings (SSSR count). The normalized spacial score (nSPS) is 15.7. The smallest absolute Gasteiger partial charge is 0.269 e. The number of nitrogens with zero attached hydrogens (tertiary/aromatic N) is 3. The minimum Gasteiger partial charge on any atom is -0.369 e. The minimum absolute atomic E-state index is 0.0194. The van der Waals surface area contributed by atoms with Crippen molar-refractivity contribution in [1.82, 2.24) is 4.90 Å². The number of fused-ring (bicyclic) bond motifs is 1. The van der Waals surface area contributed by atoms with Crippen molar-refractivity contribution in [3.8, 4) is 0 Å². The molecule has 0 radical (unpaired) electrons. The van der Waals surface area contributed by atoms with Gasteiger partial charge in [0.2, 0.25) is 5.91 Å². The summed E-state index contributed by atoms with van der Waals surface area (Å²) in [6, 6.07) is 20.4. The lowest BCUT2D eigenvalue weighted by molar-refractivity contribution is -0.384. The highest BCUT2D eigenvalue weighted by Crippen LogP contribution is 2.22. The van der Waals surface area contributed by atoms with Gasteiger partial charge < -0.3 is 10.2 Å². The molecule has 7 heteroatoms. The zero-order valence-electron chi connectivity index (χ0n) is 16.8. The van der Waals surface area contributed by atoms with E-state index < -0.39 is 4.92 Å². The van der Waals surface area contributed by atoms with Crippen molar-refractivity contribution in [3.63, 3.8) is 0 Å². The highest BCUT2D eigenvalue weighted by atomic mass is 16.6. The molecule has 3 aromatic carbocycles. The first-order valence-corrected chi connectivity index (χ1v) is 10.0. The number of amides is 1. The minimum atomic E-state index is -0.391. The van der Waals surface area contributed by atoms with Crippen LogP contribution in [0.25, 0.3) is 10.8 Å². The highest BCUT2D eigenvalue weighted by molar-refractivity contribution is 5.97. The molecule has 0 saturated carbocycles. The van der Waals surface area contributed by atoms with Gasteiger partial charge in [-0.2, -0.15) is 0 Å². The lowest BCUT2D eigenvalue weighted by Gasteiger charge is -2.38. The van der Waals surface area contributed by atoms with Crippen LogP contribution in [0.4, 0.5) is 17.1 Å². The second-order valence-corrected chi connectivity index (χ2v) is 7.52. The van der Waals surface area contributed by atoms with Crippen molar-refractivity contribution in [2.75, 3.05) is 36.4 Å². The van der Waals surface area contributed by atoms with E-state index in [2.05, 4.69) is 15.1 Å². The van der Waals surface area contributed by atoms with Gasteiger partial charge in [-0.3, -0.25) is 19.8 Å². The van der Waals surface area contributed by atoms with Crippen LogP contribution in [0.2, 0.25) is 0 Å². The predicted molar refractivity (Wildman–Crippen MR) is 119 cm³/mol. The molecule has 154 valence electrons. The van der Waals surface area contributed by atoms with E-state index in [9.17, 15) is 14.9 Å². The van der Waals surface area contributed by atoms with Gasteiger partial charge in [-0.05, 0) is 42.0 Å². The van der Waals surface area contributed by atoms with Gasteiger partial charge in [0.15, 0.2) is 0 Å². The van der Waals surface area contributed by atoms with Crippen LogP contribution >= 0.6 is 0 Å². The fraction of sp³-hybridized carbons (Fsp3) is 0.261. The Morgan fingerprint density at radius 1 is 0.967 bits per heavy atom. The van der Waals surface area contributed by atoms with E-state index in [4.69, 9.17) is 0 Å². The Morgan fingerprint density at radius 3 is 2.30 bits per heavy atom. The van der Waals surface area contributed by atoms with Crippen molar-refractivity contribution >= 4 is 33.7 Å². The van der Waals surface area contributed by atoms with E-state index in [0.29, 0.717) is 0 Å². The Bertz CT molecular complexity index is 1060. The molecule has 3 aromatic rings. The number of anilines is 2. The number of rotatable bonds is 5. The summed E-state index contributed by atoms with van der Waals surface area (Å²) in [6.07, 6.45) is 0. The number of nitro groups is 1. The quantitative estimate of drug-likeness (QED) is 0.515. The molecule has 0 bridgehead atoms. The number of non-ortho nitro benzene ring substituents is 1. The maximum atomic E-state index is 12.8. The number of nitro benzene ring substituents is 1. The maximum absolute atomic E-state index is 12.8. The number of hydrogen-bond donors (Lipinski definition) is 1. The average Bonchev–Trinajstić information content (AvgIpc) is 2.78. The topological polar surface area (TPSA) is 78.7 Å². The van der Waals surface area contributed by atoms with Gasteiger partial charge in [0.1, 0.15) is 0 Å². The number of carbonyl (C=O) groups is 1. The van der Waals surface area contributed by atoms with E-state index >= 15 is 0 Å². The second kappa shape index (κ2) is 8.51. The Labute approximate surface area is 175 Å². The summed E-state index contributed by atoms with van der Waals surface area (Å²) in [6.45, 7) is 4.97. The van der Waals surface area contributed by atoms with Crippen LogP contribution in [0.5, 0.6) is 0 Å². The molecule has 1 aliphatic rings. The molecule has 0 aliphatic carbocycles. The molecule has 1 heterocycles. The van der Waals surface area contributed by atoms with Crippen LogP contribution < -0.4 is 10.2 Å². The summed E-state index contributed by atoms with van der Waals surface area (Å²) in [4.78, 5) is 27.5. The third kappa shape index (κ3) is 4.26. The second-order valence-electron chi connectivity index (χ2n) is 7.52. The summed E-state index contributed by atoms with van der Waals surface area (Å²) < 4.78 is 0. The average molecular weight is 404 g/mol. The molecule has 7 nitrogen and oxygen atoms in total. The summed E-state index contributed by atoms with van der Waals surface area (Å²) >= 11 is 0. The van der Waals surface area contributed by atoms with E-state index in [1.165, 1.54) is 12.1 Å². The lowest BCUT2D eigenvalue weighted by Crippen LogP contribution is -2.52. The van der Waals surface area contributed by atoms with E-state index in [-0.39, 0.29) is 17.6 Å². The van der Waals surface area contributed by atoms with Crippen molar-refractivity contribution in [3.05, 3.63) is 76.8 Å². The molecule has 0 aromatic heterocycles. The zero-order chi connectivity index (χ0) is 21.1. The number of nitrogens with one attached hydrogen (secondary N) is 1.